The van der Waals surface area contributed by atoms with Crippen molar-refractivity contribution in [2.75, 3.05) is 0 Å². The lowest BCUT2D eigenvalue weighted by atomic mass is 9.91. The minimum atomic E-state index is -4.78. The summed E-state index contributed by atoms with van der Waals surface area (Å²) in [7, 11) is 0. The molecular formula is C18H10BrCl2F3N2O. The Morgan fingerprint density at radius 1 is 1.15 bits per heavy atom. The molecule has 0 aliphatic carbocycles. The maximum atomic E-state index is 14.0. The van der Waals surface area contributed by atoms with Gasteiger partial charge in [-0.25, -0.2) is 0 Å². The molecule has 1 heterocycles. The summed E-state index contributed by atoms with van der Waals surface area (Å²) in [6.07, 6.45) is -3.84. The van der Waals surface area contributed by atoms with Crippen molar-refractivity contribution < 1.29 is 18.0 Å². The van der Waals surface area contributed by atoms with Crippen LogP contribution in [0.15, 0.2) is 42.5 Å². The highest BCUT2D eigenvalue weighted by Crippen LogP contribution is 2.48. The standard InChI is InChI=1S/C18H10BrCl2F3N2O/c19-8-12-3-10(1-2-11(12)9-25)16-7-17(27-26-16,18(22,23)24)13-4-14(20)6-15(21)5-13/h1-7,26H,8H2. The highest BCUT2D eigenvalue weighted by molar-refractivity contribution is 9.08. The van der Waals surface area contributed by atoms with Crippen LogP contribution in [-0.4, -0.2) is 6.18 Å². The Balaban J connectivity index is 2.14. The summed E-state index contributed by atoms with van der Waals surface area (Å²) in [5.74, 6) is 0. The van der Waals surface area contributed by atoms with Gasteiger partial charge < -0.3 is 0 Å². The number of benzene rings is 2. The van der Waals surface area contributed by atoms with Crippen LogP contribution < -0.4 is 5.48 Å². The molecule has 0 spiro atoms. The third-order valence-corrected chi connectivity index (χ3v) is 5.10. The van der Waals surface area contributed by atoms with Crippen molar-refractivity contribution in [3.8, 4) is 6.07 Å². The number of hydrogen-bond donors (Lipinski definition) is 1. The van der Waals surface area contributed by atoms with Crippen LogP contribution >= 0.6 is 39.1 Å². The Morgan fingerprint density at radius 3 is 2.37 bits per heavy atom. The summed E-state index contributed by atoms with van der Waals surface area (Å²) >= 11 is 15.0. The van der Waals surface area contributed by atoms with E-state index in [2.05, 4.69) is 21.4 Å². The van der Waals surface area contributed by atoms with Gasteiger partial charge in [-0.05, 0) is 42.0 Å². The fourth-order valence-electron chi connectivity index (χ4n) is 2.73. The lowest BCUT2D eigenvalue weighted by Gasteiger charge is -2.28. The maximum Gasteiger partial charge on any atom is 0.428 e. The molecule has 3 nitrogen and oxygen atoms in total. The van der Waals surface area contributed by atoms with Crippen LogP contribution in [0.4, 0.5) is 13.2 Å². The topological polar surface area (TPSA) is 45.0 Å². The highest BCUT2D eigenvalue weighted by atomic mass is 79.9. The number of hydrogen-bond acceptors (Lipinski definition) is 3. The van der Waals surface area contributed by atoms with Crippen LogP contribution in [0.25, 0.3) is 5.70 Å². The second kappa shape index (κ2) is 7.36. The third kappa shape index (κ3) is 3.67. The normalized spacial score (nSPS) is 19.4. The molecule has 140 valence electrons. The van der Waals surface area contributed by atoms with Crippen molar-refractivity contribution in [3.63, 3.8) is 0 Å². The molecule has 0 saturated heterocycles. The Hall–Kier alpha value is -1.72. The number of nitrogens with one attached hydrogen (secondary N) is 1. The number of nitrogens with zero attached hydrogens (tertiary/aromatic N) is 1. The molecule has 27 heavy (non-hydrogen) atoms. The van der Waals surface area contributed by atoms with E-state index in [0.29, 0.717) is 22.0 Å². The van der Waals surface area contributed by atoms with Crippen LogP contribution in [0, 0.1) is 11.3 Å². The average molecular weight is 478 g/mol. The fourth-order valence-corrected chi connectivity index (χ4v) is 3.72. The van der Waals surface area contributed by atoms with Crippen LogP contribution in [0.2, 0.25) is 10.0 Å². The second-order valence-electron chi connectivity index (χ2n) is 5.77. The zero-order valence-corrected chi connectivity index (χ0v) is 16.5. The molecule has 1 unspecified atom stereocenters. The molecule has 0 aromatic heterocycles. The minimum Gasteiger partial charge on any atom is -0.265 e. The first-order valence-corrected chi connectivity index (χ1v) is 9.37. The highest BCUT2D eigenvalue weighted by Gasteiger charge is 2.59. The van der Waals surface area contributed by atoms with Crippen LogP contribution in [0.5, 0.6) is 0 Å². The van der Waals surface area contributed by atoms with E-state index in [4.69, 9.17) is 33.3 Å². The summed E-state index contributed by atoms with van der Waals surface area (Å²) in [6, 6.07) is 10.4. The molecular weight excluding hydrogens is 468 g/mol. The number of nitriles is 1. The predicted octanol–water partition coefficient (Wildman–Crippen LogP) is 6.09. The largest absolute Gasteiger partial charge is 0.428 e. The van der Waals surface area contributed by atoms with Crippen molar-refractivity contribution in [2.24, 2.45) is 0 Å². The van der Waals surface area contributed by atoms with Gasteiger partial charge >= 0.3 is 6.18 Å². The molecule has 2 aromatic carbocycles. The lowest BCUT2D eigenvalue weighted by Crippen LogP contribution is -2.42. The van der Waals surface area contributed by atoms with Crippen molar-refractivity contribution in [2.45, 2.75) is 17.1 Å². The summed E-state index contributed by atoms with van der Waals surface area (Å²) in [4.78, 5) is 5.04. The summed E-state index contributed by atoms with van der Waals surface area (Å²) in [6.45, 7) is 0. The Bertz CT molecular complexity index is 952. The Kier molecular flexibility index (Phi) is 5.46. The van der Waals surface area contributed by atoms with Gasteiger partial charge in [-0.2, -0.15) is 18.4 Å². The molecule has 0 bridgehead atoms. The summed E-state index contributed by atoms with van der Waals surface area (Å²) in [5.41, 5.74) is 1.000. The van der Waals surface area contributed by atoms with Gasteiger partial charge in [-0.15, -0.1) is 0 Å². The van der Waals surface area contributed by atoms with Gasteiger partial charge in [0.2, 0.25) is 5.60 Å². The van der Waals surface area contributed by atoms with E-state index in [9.17, 15) is 13.2 Å². The van der Waals surface area contributed by atoms with Gasteiger partial charge in [-0.1, -0.05) is 45.2 Å². The number of halogens is 6. The first kappa shape index (κ1) is 20.0. The van der Waals surface area contributed by atoms with E-state index in [1.165, 1.54) is 12.1 Å². The van der Waals surface area contributed by atoms with Gasteiger partial charge in [0, 0.05) is 26.5 Å². The van der Waals surface area contributed by atoms with Gasteiger partial charge in [0.25, 0.3) is 0 Å². The van der Waals surface area contributed by atoms with Gasteiger partial charge in [0.05, 0.1) is 17.3 Å². The fraction of sp³-hybridized carbons (Fsp3) is 0.167. The molecule has 9 heteroatoms. The van der Waals surface area contributed by atoms with Crippen molar-refractivity contribution in [1.29, 1.82) is 5.26 Å². The molecule has 0 saturated carbocycles. The van der Waals surface area contributed by atoms with Crippen LogP contribution in [0.1, 0.15) is 22.3 Å². The SMILES string of the molecule is N#Cc1ccc(C2=CC(c3cc(Cl)cc(Cl)c3)(C(F)(F)F)ON2)cc1CBr. The number of rotatable bonds is 3. The molecule has 2 aromatic rings. The van der Waals surface area contributed by atoms with E-state index in [0.717, 1.165) is 18.2 Å². The molecule has 1 N–H and O–H groups in total. The first-order chi connectivity index (χ1) is 12.7. The van der Waals surface area contributed by atoms with E-state index in [1.807, 2.05) is 6.07 Å². The molecule has 1 aliphatic rings. The summed E-state index contributed by atoms with van der Waals surface area (Å²) < 4.78 is 41.9. The lowest BCUT2D eigenvalue weighted by molar-refractivity contribution is -0.269. The quantitative estimate of drug-likeness (QED) is 0.543. The summed E-state index contributed by atoms with van der Waals surface area (Å²) in [5, 5.41) is 9.60. The Morgan fingerprint density at radius 2 is 1.81 bits per heavy atom. The monoisotopic (exact) mass is 476 g/mol. The zero-order chi connectivity index (χ0) is 19.8. The molecule has 0 fully saturated rings. The predicted molar refractivity (Wildman–Crippen MR) is 100 cm³/mol. The zero-order valence-electron chi connectivity index (χ0n) is 13.4. The van der Waals surface area contributed by atoms with Crippen molar-refractivity contribution in [3.05, 3.63) is 74.8 Å². The minimum absolute atomic E-state index is 0.0616. The van der Waals surface area contributed by atoms with Crippen molar-refractivity contribution in [1.82, 2.24) is 5.48 Å². The Labute approximate surface area is 171 Å². The van der Waals surface area contributed by atoms with Gasteiger partial charge in [-0.3, -0.25) is 10.3 Å². The number of hydroxylamine groups is 1. The molecule has 0 radical (unpaired) electrons. The molecule has 1 atom stereocenters. The second-order valence-corrected chi connectivity index (χ2v) is 7.20. The smallest absolute Gasteiger partial charge is 0.265 e. The maximum absolute atomic E-state index is 14.0. The van der Waals surface area contributed by atoms with E-state index >= 15 is 0 Å². The van der Waals surface area contributed by atoms with Crippen molar-refractivity contribution >= 4 is 44.8 Å². The van der Waals surface area contributed by atoms with Crippen LogP contribution in [-0.2, 0) is 15.8 Å². The third-order valence-electron chi connectivity index (χ3n) is 4.06. The van der Waals surface area contributed by atoms with Gasteiger partial charge in [0.1, 0.15) is 0 Å². The van der Waals surface area contributed by atoms with Gasteiger partial charge in [0.15, 0.2) is 0 Å². The number of alkyl halides is 4. The molecule has 1 aliphatic heterocycles. The van der Waals surface area contributed by atoms with E-state index in [-0.39, 0.29) is 21.3 Å². The van der Waals surface area contributed by atoms with E-state index in [1.54, 1.807) is 12.1 Å². The molecule has 3 rings (SSSR count). The average Bonchev–Trinajstić information content (AvgIpc) is 3.07. The van der Waals surface area contributed by atoms with E-state index < -0.39 is 11.8 Å². The molecule has 0 amide bonds. The first-order valence-electron chi connectivity index (χ1n) is 7.50. The van der Waals surface area contributed by atoms with Crippen LogP contribution in [0.3, 0.4) is 0 Å².